The van der Waals surface area contributed by atoms with Crippen LogP contribution in [0, 0.1) is 0 Å². The zero-order valence-electron chi connectivity index (χ0n) is 12.6. The molecule has 0 atom stereocenters. The summed E-state index contributed by atoms with van der Waals surface area (Å²) in [5.74, 6) is -0.958. The molecule has 5 nitrogen and oxygen atoms in total. The van der Waals surface area contributed by atoms with Gasteiger partial charge in [0.1, 0.15) is 0 Å². The lowest BCUT2D eigenvalue weighted by Gasteiger charge is -2.36. The Balaban J connectivity index is 2.26. The van der Waals surface area contributed by atoms with Crippen LogP contribution in [-0.4, -0.2) is 34.0 Å². The van der Waals surface area contributed by atoms with Crippen LogP contribution < -0.4 is 5.73 Å². The van der Waals surface area contributed by atoms with E-state index in [1.54, 1.807) is 17.0 Å². The number of nitrogens with two attached hydrogens (primary N) is 1. The average molecular weight is 290 g/mol. The molecule has 1 aliphatic heterocycles. The van der Waals surface area contributed by atoms with Crippen molar-refractivity contribution < 1.29 is 14.7 Å². The van der Waals surface area contributed by atoms with Gasteiger partial charge in [-0.2, -0.15) is 0 Å². The maximum Gasteiger partial charge on any atom is 0.335 e. The fourth-order valence-corrected chi connectivity index (χ4v) is 2.85. The van der Waals surface area contributed by atoms with Crippen LogP contribution in [0.4, 0.5) is 0 Å². The third kappa shape index (κ3) is 2.78. The van der Waals surface area contributed by atoms with Gasteiger partial charge in [0.25, 0.3) is 0 Å². The molecule has 1 heterocycles. The van der Waals surface area contributed by atoms with Crippen LogP contribution in [-0.2, 0) is 17.8 Å². The molecule has 0 unspecified atom stereocenters. The molecular weight excluding hydrogens is 268 g/mol. The quantitative estimate of drug-likeness (QED) is 0.885. The van der Waals surface area contributed by atoms with E-state index in [9.17, 15) is 14.7 Å². The summed E-state index contributed by atoms with van der Waals surface area (Å²) in [4.78, 5) is 25.6. The molecule has 0 fully saturated rings. The number of rotatable bonds is 4. The zero-order chi connectivity index (χ0) is 15.6. The smallest absolute Gasteiger partial charge is 0.335 e. The van der Waals surface area contributed by atoms with E-state index in [0.717, 1.165) is 11.1 Å². The zero-order valence-corrected chi connectivity index (χ0v) is 12.6. The number of amides is 1. The molecule has 1 aromatic rings. The number of carboxylic acids is 1. The van der Waals surface area contributed by atoms with Gasteiger partial charge in [0, 0.05) is 13.1 Å². The highest BCUT2D eigenvalue weighted by Gasteiger charge is 2.35. The number of carbonyl (C=O) groups excluding carboxylic acids is 1. The van der Waals surface area contributed by atoms with Gasteiger partial charge >= 0.3 is 5.97 Å². The van der Waals surface area contributed by atoms with Gasteiger partial charge < -0.3 is 15.7 Å². The predicted molar refractivity (Wildman–Crippen MR) is 80.0 cm³/mol. The Kier molecular flexibility index (Phi) is 4.32. The van der Waals surface area contributed by atoms with Crippen LogP contribution >= 0.6 is 0 Å². The lowest BCUT2D eigenvalue weighted by molar-refractivity contribution is -0.138. The Hall–Kier alpha value is -1.88. The van der Waals surface area contributed by atoms with Crippen molar-refractivity contribution in [3.8, 4) is 0 Å². The molecule has 5 heteroatoms. The van der Waals surface area contributed by atoms with Gasteiger partial charge in [0.05, 0.1) is 11.1 Å². The monoisotopic (exact) mass is 290 g/mol. The van der Waals surface area contributed by atoms with Crippen LogP contribution in [0.25, 0.3) is 0 Å². The minimum absolute atomic E-state index is 0.0427. The Morgan fingerprint density at radius 1 is 1.33 bits per heavy atom. The van der Waals surface area contributed by atoms with E-state index >= 15 is 0 Å². The summed E-state index contributed by atoms with van der Waals surface area (Å²) in [7, 11) is 0. The van der Waals surface area contributed by atoms with Crippen molar-refractivity contribution in [3.63, 3.8) is 0 Å². The summed E-state index contributed by atoms with van der Waals surface area (Å²) in [6.45, 7) is 4.80. The second kappa shape index (κ2) is 5.85. The maximum atomic E-state index is 12.6. The van der Waals surface area contributed by atoms with E-state index in [1.165, 1.54) is 0 Å². The summed E-state index contributed by atoms with van der Waals surface area (Å²) in [5.41, 5.74) is 7.45. The average Bonchev–Trinajstić information content (AvgIpc) is 2.52. The number of hydrogen-bond donors (Lipinski definition) is 2. The van der Waals surface area contributed by atoms with E-state index in [1.807, 2.05) is 19.9 Å². The number of hydrogen-bond acceptors (Lipinski definition) is 3. The number of benzene rings is 1. The molecule has 0 aromatic heterocycles. The van der Waals surface area contributed by atoms with Crippen molar-refractivity contribution in [1.82, 2.24) is 4.90 Å². The molecule has 0 saturated carbocycles. The van der Waals surface area contributed by atoms with E-state index < -0.39 is 11.5 Å². The number of carbonyl (C=O) groups is 2. The lowest BCUT2D eigenvalue weighted by atomic mass is 9.89. The van der Waals surface area contributed by atoms with Crippen LogP contribution in [0.1, 0.15) is 48.2 Å². The van der Waals surface area contributed by atoms with Gasteiger partial charge in [0.2, 0.25) is 5.91 Å². The largest absolute Gasteiger partial charge is 0.478 e. The number of carboxylic acid groups (broad SMARTS) is 1. The van der Waals surface area contributed by atoms with Gasteiger partial charge in [0.15, 0.2) is 0 Å². The predicted octanol–water partition coefficient (Wildman–Crippen LogP) is 1.79. The Bertz CT molecular complexity index is 565. The maximum absolute atomic E-state index is 12.6. The SMILES string of the molecule is CCC(N)(CC)C(=O)N1CCc2c(cccc2C(=O)O)C1. The molecule has 1 aliphatic rings. The first-order valence-corrected chi connectivity index (χ1v) is 7.35. The van der Waals surface area contributed by atoms with Crippen LogP contribution in [0.15, 0.2) is 18.2 Å². The number of fused-ring (bicyclic) bond motifs is 1. The third-order valence-electron chi connectivity index (χ3n) is 4.47. The fraction of sp³-hybridized carbons (Fsp3) is 0.500. The normalized spacial score (nSPS) is 14.7. The van der Waals surface area contributed by atoms with E-state index in [0.29, 0.717) is 37.9 Å². The molecule has 1 aromatic carbocycles. The fourth-order valence-electron chi connectivity index (χ4n) is 2.85. The minimum atomic E-state index is -0.915. The van der Waals surface area contributed by atoms with E-state index in [2.05, 4.69) is 0 Å². The van der Waals surface area contributed by atoms with Gasteiger partial charge in [-0.05, 0) is 36.5 Å². The molecule has 0 bridgehead atoms. The third-order valence-corrected chi connectivity index (χ3v) is 4.47. The molecule has 21 heavy (non-hydrogen) atoms. The highest BCUT2D eigenvalue weighted by atomic mass is 16.4. The first-order valence-electron chi connectivity index (χ1n) is 7.35. The van der Waals surface area contributed by atoms with Gasteiger partial charge in [-0.1, -0.05) is 26.0 Å². The first-order chi connectivity index (χ1) is 9.92. The van der Waals surface area contributed by atoms with Gasteiger partial charge in [-0.25, -0.2) is 4.79 Å². The van der Waals surface area contributed by atoms with Crippen LogP contribution in [0.2, 0.25) is 0 Å². The van der Waals surface area contributed by atoms with Crippen molar-refractivity contribution in [2.75, 3.05) is 6.54 Å². The molecule has 0 saturated heterocycles. The van der Waals surface area contributed by atoms with Gasteiger partial charge in [-0.15, -0.1) is 0 Å². The summed E-state index contributed by atoms with van der Waals surface area (Å²) in [5, 5.41) is 9.22. The standard InChI is InChI=1S/C16H22N2O3/c1-3-16(17,4-2)15(21)18-9-8-12-11(10-18)6-5-7-13(12)14(19)20/h5-7H,3-4,8-10,17H2,1-2H3,(H,19,20). The molecule has 2 rings (SSSR count). The molecule has 1 amide bonds. The highest BCUT2D eigenvalue weighted by Crippen LogP contribution is 2.25. The molecule has 3 N–H and O–H groups in total. The summed E-state index contributed by atoms with van der Waals surface area (Å²) < 4.78 is 0. The topological polar surface area (TPSA) is 83.6 Å². The number of aromatic carboxylic acids is 1. The minimum Gasteiger partial charge on any atom is -0.478 e. The second-order valence-corrected chi connectivity index (χ2v) is 5.59. The van der Waals surface area contributed by atoms with Crippen molar-refractivity contribution in [1.29, 1.82) is 0 Å². The van der Waals surface area contributed by atoms with Crippen molar-refractivity contribution >= 4 is 11.9 Å². The van der Waals surface area contributed by atoms with Crippen LogP contribution in [0.5, 0.6) is 0 Å². The molecular formula is C16H22N2O3. The highest BCUT2D eigenvalue weighted by molar-refractivity contribution is 5.90. The van der Waals surface area contributed by atoms with E-state index in [-0.39, 0.29) is 5.91 Å². The van der Waals surface area contributed by atoms with Crippen molar-refractivity contribution in [3.05, 3.63) is 34.9 Å². The summed E-state index contributed by atoms with van der Waals surface area (Å²) in [6.07, 6.45) is 1.76. The lowest BCUT2D eigenvalue weighted by Crippen LogP contribution is -2.55. The number of nitrogens with zero attached hydrogens (tertiary/aromatic N) is 1. The van der Waals surface area contributed by atoms with Crippen LogP contribution in [0.3, 0.4) is 0 Å². The Morgan fingerprint density at radius 3 is 2.57 bits per heavy atom. The van der Waals surface area contributed by atoms with Gasteiger partial charge in [-0.3, -0.25) is 4.79 Å². The molecule has 0 spiro atoms. The summed E-state index contributed by atoms with van der Waals surface area (Å²) in [6, 6.07) is 5.23. The van der Waals surface area contributed by atoms with E-state index in [4.69, 9.17) is 5.73 Å². The molecule has 114 valence electrons. The molecule has 0 aliphatic carbocycles. The Labute approximate surface area is 124 Å². The first kappa shape index (κ1) is 15.5. The van der Waals surface area contributed by atoms with Crippen molar-refractivity contribution in [2.45, 2.75) is 45.2 Å². The Morgan fingerprint density at radius 2 is 2.00 bits per heavy atom. The van der Waals surface area contributed by atoms with Crippen molar-refractivity contribution in [2.24, 2.45) is 5.73 Å². The summed E-state index contributed by atoms with van der Waals surface area (Å²) >= 11 is 0. The second-order valence-electron chi connectivity index (χ2n) is 5.59. The molecule has 0 radical (unpaired) electrons.